The van der Waals surface area contributed by atoms with Crippen molar-refractivity contribution >= 4 is 49.9 Å². The van der Waals surface area contributed by atoms with Gasteiger partial charge in [0.1, 0.15) is 5.75 Å². The summed E-state index contributed by atoms with van der Waals surface area (Å²) in [6.45, 7) is 4.35. The number of anilines is 2. The number of nitrogens with zero attached hydrogens (tertiary/aromatic N) is 1. The summed E-state index contributed by atoms with van der Waals surface area (Å²) in [5, 5.41) is 4.93. The Morgan fingerprint density at radius 1 is 0.941 bits per heavy atom. The first-order chi connectivity index (χ1) is 16.5. The fourth-order valence-electron chi connectivity index (χ4n) is 3.77. The van der Waals surface area contributed by atoms with Gasteiger partial charge in [-0.1, -0.05) is 52.3 Å². The standard InChI is InChI=1S/C28H25BrN2O3/c1-3-31(26-10-6-8-20-7-4-5-9-24(20)26)28(33)21-11-13-22(14-12-21)30-27(32)18-34-23-15-16-25(29)19(2)17-23/h4-17H,3,18H2,1-2H3,(H,30,32). The molecule has 0 radical (unpaired) electrons. The fourth-order valence-corrected chi connectivity index (χ4v) is 4.02. The van der Waals surface area contributed by atoms with Crippen LogP contribution in [0, 0.1) is 6.92 Å². The van der Waals surface area contributed by atoms with Crippen LogP contribution in [0.1, 0.15) is 22.8 Å². The highest BCUT2D eigenvalue weighted by Gasteiger charge is 2.18. The molecule has 0 spiro atoms. The molecule has 0 heterocycles. The van der Waals surface area contributed by atoms with Crippen LogP contribution in [-0.4, -0.2) is 25.0 Å². The van der Waals surface area contributed by atoms with E-state index >= 15 is 0 Å². The maximum absolute atomic E-state index is 13.3. The van der Waals surface area contributed by atoms with Gasteiger partial charge >= 0.3 is 0 Å². The molecule has 2 amide bonds. The van der Waals surface area contributed by atoms with Gasteiger partial charge in [-0.3, -0.25) is 9.59 Å². The number of carbonyl (C=O) groups excluding carboxylic acids is 2. The van der Waals surface area contributed by atoms with Crippen molar-refractivity contribution in [2.45, 2.75) is 13.8 Å². The molecule has 4 rings (SSSR count). The van der Waals surface area contributed by atoms with Crippen molar-refractivity contribution in [3.63, 3.8) is 0 Å². The van der Waals surface area contributed by atoms with Crippen molar-refractivity contribution in [1.29, 1.82) is 0 Å². The lowest BCUT2D eigenvalue weighted by molar-refractivity contribution is -0.118. The predicted octanol–water partition coefficient (Wildman–Crippen LogP) is 6.59. The Bertz CT molecular complexity index is 1330. The van der Waals surface area contributed by atoms with E-state index in [0.29, 0.717) is 23.5 Å². The number of ether oxygens (including phenoxy) is 1. The summed E-state index contributed by atoms with van der Waals surface area (Å²) in [5.41, 5.74) is 3.06. The van der Waals surface area contributed by atoms with Crippen LogP contribution in [0.5, 0.6) is 5.75 Å². The van der Waals surface area contributed by atoms with Gasteiger partial charge in [-0.2, -0.15) is 0 Å². The van der Waals surface area contributed by atoms with Gasteiger partial charge in [-0.15, -0.1) is 0 Å². The van der Waals surface area contributed by atoms with E-state index < -0.39 is 0 Å². The lowest BCUT2D eigenvalue weighted by Gasteiger charge is -2.23. The molecule has 1 N–H and O–H groups in total. The third-order valence-electron chi connectivity index (χ3n) is 5.53. The third-order valence-corrected chi connectivity index (χ3v) is 6.42. The Labute approximate surface area is 207 Å². The van der Waals surface area contributed by atoms with Crippen LogP contribution in [0.25, 0.3) is 10.8 Å². The molecule has 0 saturated heterocycles. The molecule has 0 aliphatic rings. The predicted molar refractivity (Wildman–Crippen MR) is 141 cm³/mol. The minimum atomic E-state index is -0.273. The maximum atomic E-state index is 13.3. The second kappa shape index (κ2) is 10.5. The normalized spacial score (nSPS) is 10.7. The first kappa shape index (κ1) is 23.5. The number of nitrogens with one attached hydrogen (secondary N) is 1. The molecule has 34 heavy (non-hydrogen) atoms. The quantitative estimate of drug-likeness (QED) is 0.301. The van der Waals surface area contributed by atoms with E-state index in [1.54, 1.807) is 35.2 Å². The molecular formula is C28H25BrN2O3. The van der Waals surface area contributed by atoms with Gasteiger partial charge in [0.25, 0.3) is 11.8 Å². The highest BCUT2D eigenvalue weighted by Crippen LogP contribution is 2.28. The first-order valence-corrected chi connectivity index (χ1v) is 11.8. The summed E-state index contributed by atoms with van der Waals surface area (Å²) in [7, 11) is 0. The molecular weight excluding hydrogens is 492 g/mol. The number of aryl methyl sites for hydroxylation is 1. The molecule has 4 aromatic carbocycles. The number of hydrogen-bond acceptors (Lipinski definition) is 3. The zero-order valence-electron chi connectivity index (χ0n) is 19.0. The van der Waals surface area contributed by atoms with Gasteiger partial charge in [0.2, 0.25) is 0 Å². The van der Waals surface area contributed by atoms with Gasteiger partial charge in [-0.25, -0.2) is 0 Å². The molecule has 0 aliphatic carbocycles. The summed E-state index contributed by atoms with van der Waals surface area (Å²) in [6, 6.07) is 26.5. The molecule has 0 aliphatic heterocycles. The molecule has 0 aromatic heterocycles. The number of hydrogen-bond donors (Lipinski definition) is 1. The minimum Gasteiger partial charge on any atom is -0.484 e. The van der Waals surface area contributed by atoms with E-state index in [-0.39, 0.29) is 18.4 Å². The van der Waals surface area contributed by atoms with Crippen LogP contribution in [0.4, 0.5) is 11.4 Å². The molecule has 0 saturated carbocycles. The van der Waals surface area contributed by atoms with Gasteiger partial charge < -0.3 is 15.0 Å². The highest BCUT2D eigenvalue weighted by molar-refractivity contribution is 9.10. The van der Waals surface area contributed by atoms with Crippen LogP contribution in [-0.2, 0) is 4.79 Å². The van der Waals surface area contributed by atoms with Crippen molar-refractivity contribution in [2.75, 3.05) is 23.4 Å². The zero-order chi connectivity index (χ0) is 24.1. The van der Waals surface area contributed by atoms with E-state index in [2.05, 4.69) is 21.2 Å². The van der Waals surface area contributed by atoms with E-state index in [0.717, 1.165) is 26.5 Å². The lowest BCUT2D eigenvalue weighted by atomic mass is 10.1. The van der Waals surface area contributed by atoms with E-state index in [9.17, 15) is 9.59 Å². The molecule has 6 heteroatoms. The minimum absolute atomic E-state index is 0.0920. The highest BCUT2D eigenvalue weighted by atomic mass is 79.9. The van der Waals surface area contributed by atoms with E-state index in [4.69, 9.17) is 4.74 Å². The molecule has 172 valence electrons. The van der Waals surface area contributed by atoms with E-state index in [1.807, 2.05) is 68.4 Å². The average molecular weight is 517 g/mol. The second-order valence-corrected chi connectivity index (χ2v) is 8.73. The van der Waals surface area contributed by atoms with Crippen LogP contribution >= 0.6 is 15.9 Å². The van der Waals surface area contributed by atoms with Gasteiger partial charge in [0, 0.05) is 27.7 Å². The number of carbonyl (C=O) groups is 2. The number of rotatable bonds is 7. The van der Waals surface area contributed by atoms with Gasteiger partial charge in [0.05, 0.1) is 5.69 Å². The van der Waals surface area contributed by atoms with Crippen molar-refractivity contribution in [3.8, 4) is 5.75 Å². The maximum Gasteiger partial charge on any atom is 0.262 e. The van der Waals surface area contributed by atoms with Gasteiger partial charge in [-0.05, 0) is 73.3 Å². The summed E-state index contributed by atoms with van der Waals surface area (Å²) >= 11 is 3.44. The molecule has 0 unspecified atom stereocenters. The number of amides is 2. The molecule has 4 aromatic rings. The van der Waals surface area contributed by atoms with Crippen molar-refractivity contribution in [2.24, 2.45) is 0 Å². The SMILES string of the molecule is CCN(C(=O)c1ccc(NC(=O)COc2ccc(Br)c(C)c2)cc1)c1cccc2ccccc12. The smallest absolute Gasteiger partial charge is 0.262 e. The second-order valence-electron chi connectivity index (χ2n) is 7.87. The third kappa shape index (κ3) is 5.29. The fraction of sp³-hybridized carbons (Fsp3) is 0.143. The lowest BCUT2D eigenvalue weighted by Crippen LogP contribution is -2.30. The van der Waals surface area contributed by atoms with Crippen LogP contribution in [0.3, 0.4) is 0 Å². The summed E-state index contributed by atoms with van der Waals surface area (Å²) in [6.07, 6.45) is 0. The molecule has 0 fully saturated rings. The summed E-state index contributed by atoms with van der Waals surface area (Å²) < 4.78 is 6.56. The Morgan fingerprint density at radius 2 is 1.68 bits per heavy atom. The Balaban J connectivity index is 1.42. The van der Waals surface area contributed by atoms with Crippen molar-refractivity contribution in [3.05, 3.63) is 101 Å². The molecule has 0 atom stereocenters. The average Bonchev–Trinajstić information content (AvgIpc) is 2.86. The zero-order valence-corrected chi connectivity index (χ0v) is 20.6. The Morgan fingerprint density at radius 3 is 2.41 bits per heavy atom. The Hall–Kier alpha value is -3.64. The monoisotopic (exact) mass is 516 g/mol. The van der Waals surface area contributed by atoms with Crippen molar-refractivity contribution < 1.29 is 14.3 Å². The largest absolute Gasteiger partial charge is 0.484 e. The van der Waals surface area contributed by atoms with Gasteiger partial charge in [0.15, 0.2) is 6.61 Å². The first-order valence-electron chi connectivity index (χ1n) is 11.0. The van der Waals surface area contributed by atoms with E-state index in [1.165, 1.54) is 0 Å². The topological polar surface area (TPSA) is 58.6 Å². The number of benzene rings is 4. The number of fused-ring (bicyclic) bond motifs is 1. The van der Waals surface area contributed by atoms with Crippen LogP contribution in [0.2, 0.25) is 0 Å². The van der Waals surface area contributed by atoms with Crippen LogP contribution in [0.15, 0.2) is 89.4 Å². The summed E-state index contributed by atoms with van der Waals surface area (Å²) in [4.78, 5) is 27.3. The summed E-state index contributed by atoms with van der Waals surface area (Å²) in [5.74, 6) is 0.265. The van der Waals surface area contributed by atoms with Crippen LogP contribution < -0.4 is 15.0 Å². The van der Waals surface area contributed by atoms with Crippen molar-refractivity contribution in [1.82, 2.24) is 0 Å². The molecule has 0 bridgehead atoms. The molecule has 5 nitrogen and oxygen atoms in total. The number of halogens is 1. The Kier molecular flexibility index (Phi) is 7.28.